The van der Waals surface area contributed by atoms with E-state index in [1.165, 1.54) is 4.80 Å². The zero-order chi connectivity index (χ0) is 34.0. The van der Waals surface area contributed by atoms with Crippen LogP contribution in [0.5, 0.6) is 0 Å². The quantitative estimate of drug-likeness (QED) is 0.0857. The van der Waals surface area contributed by atoms with Gasteiger partial charge in [0.05, 0.1) is 24.3 Å². The number of unbranched alkanes of at least 4 members (excludes halogenated alkanes) is 1. The number of imidazole rings is 1. The number of tetrazole rings is 1. The number of hydrogen-bond acceptors (Lipinski definition) is 12. The number of nitrogens with zero attached hydrogens (tertiary/aromatic N) is 7. The van der Waals surface area contributed by atoms with Gasteiger partial charge in [0.2, 0.25) is 12.1 Å². The Morgan fingerprint density at radius 3 is 2.29 bits per heavy atom. The van der Waals surface area contributed by atoms with Crippen LogP contribution in [0.1, 0.15) is 61.1 Å². The van der Waals surface area contributed by atoms with Crippen LogP contribution in [0, 0.1) is 0 Å². The van der Waals surface area contributed by atoms with Crippen molar-refractivity contribution in [2.75, 3.05) is 0 Å². The monoisotopic (exact) mass is 677 g/mol. The summed E-state index contributed by atoms with van der Waals surface area (Å²) < 4.78 is 12.6. The van der Waals surface area contributed by atoms with Crippen molar-refractivity contribution in [3.63, 3.8) is 0 Å². The summed E-state index contributed by atoms with van der Waals surface area (Å²) in [6.45, 7) is 3.97. The maximum Gasteiger partial charge on any atom is 0.510 e. The average molecular weight is 678 g/mol. The fraction of sp³-hybridized carbons (Fsp3) is 0.303. The van der Waals surface area contributed by atoms with E-state index in [4.69, 9.17) is 31.5 Å². The van der Waals surface area contributed by atoms with Gasteiger partial charge in [-0.3, -0.25) is 10.4 Å². The Balaban J connectivity index is 1.22. The summed E-state index contributed by atoms with van der Waals surface area (Å²) >= 11 is 6.32. The average Bonchev–Trinajstić information content (AvgIpc) is 3.70. The van der Waals surface area contributed by atoms with E-state index in [1.807, 2.05) is 53.1 Å². The molecule has 48 heavy (non-hydrogen) atoms. The Morgan fingerprint density at radius 2 is 1.62 bits per heavy atom. The van der Waals surface area contributed by atoms with E-state index in [9.17, 15) is 9.90 Å². The molecule has 3 aromatic carbocycles. The first kappa shape index (κ1) is 34.6. The predicted octanol–water partition coefficient (Wildman–Crippen LogP) is 6.12. The highest BCUT2D eigenvalue weighted by Gasteiger charge is 2.19. The molecule has 0 spiro atoms. The lowest BCUT2D eigenvalue weighted by atomic mass is 9.98. The van der Waals surface area contributed by atoms with Crippen molar-refractivity contribution < 1.29 is 34.6 Å². The van der Waals surface area contributed by atoms with Crippen LogP contribution in [0.3, 0.4) is 0 Å². The van der Waals surface area contributed by atoms with Crippen LogP contribution < -0.4 is 0 Å². The van der Waals surface area contributed by atoms with Crippen LogP contribution in [0.2, 0.25) is 5.15 Å². The molecule has 1 unspecified atom stereocenters. The molecule has 2 aromatic heterocycles. The number of halogens is 1. The molecule has 0 bridgehead atoms. The summed E-state index contributed by atoms with van der Waals surface area (Å²) in [4.78, 5) is 22.6. The zero-order valence-corrected chi connectivity index (χ0v) is 27.2. The smallest absolute Gasteiger partial charge is 0.429 e. The Labute approximate surface area is 281 Å². The van der Waals surface area contributed by atoms with Crippen LogP contribution >= 0.6 is 11.6 Å². The second kappa shape index (κ2) is 16.4. The van der Waals surface area contributed by atoms with Gasteiger partial charge >= 0.3 is 6.16 Å². The number of rotatable bonds is 15. The summed E-state index contributed by atoms with van der Waals surface area (Å²) in [5.41, 5.74) is 5.59. The van der Waals surface area contributed by atoms with Crippen LogP contribution in [-0.4, -0.2) is 56.8 Å². The van der Waals surface area contributed by atoms with E-state index < -0.39 is 12.4 Å². The fourth-order valence-corrected chi connectivity index (χ4v) is 5.24. The molecule has 0 saturated heterocycles. The highest BCUT2D eigenvalue weighted by atomic mass is 35.5. The summed E-state index contributed by atoms with van der Waals surface area (Å²) in [7, 11) is 0. The van der Waals surface area contributed by atoms with Crippen LogP contribution in [0.25, 0.3) is 22.5 Å². The third kappa shape index (κ3) is 8.80. The van der Waals surface area contributed by atoms with Gasteiger partial charge in [0.15, 0.2) is 5.15 Å². The standard InChI is InChI=1S/C33H36ClN7O7/c1-3-4-9-30-35-31(34)29(19-42)39(30)18-23-14-16-26(17-15-23)27-7-5-6-8-28(27)32-36-38-40(37-32)22(2)48-33(43)46-20-24-10-12-25(13-11-24)21-47-41(44)45/h5-8,10-17,22,42,44-45H,3-4,9,18-21H2,1-2H3. The van der Waals surface area contributed by atoms with Crippen molar-refractivity contribution in [2.24, 2.45) is 0 Å². The van der Waals surface area contributed by atoms with Gasteiger partial charge in [-0.05, 0) is 46.4 Å². The fourth-order valence-electron chi connectivity index (χ4n) is 4.98. The molecule has 0 radical (unpaired) electrons. The molecule has 0 aliphatic carbocycles. The van der Waals surface area contributed by atoms with Gasteiger partial charge in [-0.25, -0.2) is 14.6 Å². The number of ether oxygens (including phenoxy) is 2. The molecule has 5 aromatic rings. The number of aliphatic hydroxyl groups is 1. The minimum absolute atomic E-state index is 0.0420. The van der Waals surface area contributed by atoms with Gasteiger partial charge in [-0.2, -0.15) is 0 Å². The molecule has 0 fully saturated rings. The molecule has 14 nitrogen and oxygen atoms in total. The lowest BCUT2D eigenvalue weighted by Crippen LogP contribution is -2.18. The van der Waals surface area contributed by atoms with E-state index in [1.54, 1.807) is 31.2 Å². The van der Waals surface area contributed by atoms with Gasteiger partial charge in [-0.15, -0.1) is 15.0 Å². The van der Waals surface area contributed by atoms with Gasteiger partial charge in [0.1, 0.15) is 12.4 Å². The van der Waals surface area contributed by atoms with Gasteiger partial charge in [0, 0.05) is 18.5 Å². The van der Waals surface area contributed by atoms with Crippen LogP contribution in [0.15, 0.2) is 72.8 Å². The summed E-state index contributed by atoms with van der Waals surface area (Å²) in [5.74, 6) is 1.22. The van der Waals surface area contributed by atoms with Crippen LogP contribution in [0.4, 0.5) is 4.79 Å². The molecule has 15 heteroatoms. The molecule has 0 amide bonds. The number of aliphatic hydroxyl groups excluding tert-OH is 1. The number of aryl methyl sites for hydroxylation is 1. The normalized spacial score (nSPS) is 12.0. The van der Waals surface area contributed by atoms with Crippen molar-refractivity contribution in [1.82, 2.24) is 35.1 Å². The molecule has 0 aliphatic heterocycles. The van der Waals surface area contributed by atoms with Crippen molar-refractivity contribution in [2.45, 2.75) is 65.7 Å². The lowest BCUT2D eigenvalue weighted by Gasteiger charge is -2.13. The maximum absolute atomic E-state index is 12.4. The predicted molar refractivity (Wildman–Crippen MR) is 172 cm³/mol. The maximum atomic E-state index is 12.4. The van der Waals surface area contributed by atoms with Crippen molar-refractivity contribution in [1.29, 1.82) is 0 Å². The molecule has 0 saturated carbocycles. The van der Waals surface area contributed by atoms with E-state index in [2.05, 4.69) is 32.2 Å². The highest BCUT2D eigenvalue weighted by Crippen LogP contribution is 2.31. The first-order chi connectivity index (χ1) is 23.2. The van der Waals surface area contributed by atoms with Gasteiger partial charge in [0.25, 0.3) is 0 Å². The van der Waals surface area contributed by atoms with Crippen molar-refractivity contribution in [3.05, 3.63) is 106 Å². The Kier molecular flexibility index (Phi) is 11.8. The number of aromatic nitrogens is 6. The molecule has 1 atom stereocenters. The number of carbonyl (C=O) groups is 1. The Hall–Kier alpha value is -4.70. The highest BCUT2D eigenvalue weighted by molar-refractivity contribution is 6.30. The summed E-state index contributed by atoms with van der Waals surface area (Å²) in [5, 5.41) is 40.0. The SMILES string of the molecule is CCCCc1nc(Cl)c(CO)n1Cc1ccc(-c2ccccc2-c2nnn(C(C)OC(=O)OCc3ccc(CON(O)O)cc3)n2)cc1. The lowest BCUT2D eigenvalue weighted by molar-refractivity contribution is -0.497. The van der Waals surface area contributed by atoms with E-state index in [-0.39, 0.29) is 25.2 Å². The molecule has 2 heterocycles. The Morgan fingerprint density at radius 1 is 0.958 bits per heavy atom. The summed E-state index contributed by atoms with van der Waals surface area (Å²) in [6.07, 6.45) is 0.987. The topological polar surface area (TPSA) is 170 Å². The van der Waals surface area contributed by atoms with Crippen LogP contribution in [-0.2, 0) is 47.1 Å². The largest absolute Gasteiger partial charge is 0.510 e. The van der Waals surface area contributed by atoms with E-state index in [0.717, 1.165) is 47.3 Å². The number of carbonyl (C=O) groups excluding carboxylic acids is 1. The second-order valence-corrected chi connectivity index (χ2v) is 11.2. The number of hydrogen-bond donors (Lipinski definition) is 3. The zero-order valence-electron chi connectivity index (χ0n) is 26.4. The minimum Gasteiger partial charge on any atom is -0.429 e. The summed E-state index contributed by atoms with van der Waals surface area (Å²) in [6, 6.07) is 22.6. The third-order valence-electron chi connectivity index (χ3n) is 7.53. The van der Waals surface area contributed by atoms with E-state index in [0.29, 0.717) is 34.3 Å². The molecule has 0 aliphatic rings. The van der Waals surface area contributed by atoms with Crippen molar-refractivity contribution in [3.8, 4) is 22.5 Å². The molecular formula is C33H36ClN7O7. The molecule has 3 N–H and O–H groups in total. The molecular weight excluding hydrogens is 642 g/mol. The first-order valence-corrected chi connectivity index (χ1v) is 15.7. The Bertz CT molecular complexity index is 1790. The van der Waals surface area contributed by atoms with Crippen molar-refractivity contribution >= 4 is 17.8 Å². The molecule has 5 rings (SSSR count). The second-order valence-electron chi connectivity index (χ2n) is 10.9. The van der Waals surface area contributed by atoms with E-state index >= 15 is 0 Å². The van der Waals surface area contributed by atoms with Gasteiger partial charge in [-0.1, -0.05) is 97.7 Å². The third-order valence-corrected chi connectivity index (χ3v) is 7.83. The minimum atomic E-state index is -0.910. The number of benzene rings is 3. The first-order valence-electron chi connectivity index (χ1n) is 15.3. The van der Waals surface area contributed by atoms with Gasteiger partial charge < -0.3 is 19.1 Å². The molecule has 252 valence electrons.